The van der Waals surface area contributed by atoms with Crippen molar-refractivity contribution in [2.75, 3.05) is 5.73 Å². The van der Waals surface area contributed by atoms with E-state index in [1.165, 1.54) is 6.08 Å². The van der Waals surface area contributed by atoms with Crippen molar-refractivity contribution in [1.82, 2.24) is 4.98 Å². The van der Waals surface area contributed by atoms with Crippen molar-refractivity contribution >= 4 is 33.7 Å². The monoisotopic (exact) mass is 336 g/mol. The smallest absolute Gasteiger partial charge is 0.355 e. The Labute approximate surface area is 122 Å². The average Bonchev–Trinajstić information content (AvgIpc) is 2.42. The minimum atomic E-state index is -1.29. The number of aromatic carboxylic acids is 1. The fourth-order valence-electron chi connectivity index (χ4n) is 1.76. The first-order valence-corrected chi connectivity index (χ1v) is 6.35. The Bertz CT molecular complexity index is 699. The summed E-state index contributed by atoms with van der Waals surface area (Å²) in [7, 11) is 0. The van der Waals surface area contributed by atoms with Gasteiger partial charge in [0.25, 0.3) is 0 Å². The predicted molar refractivity (Wildman–Crippen MR) is 78.8 cm³/mol. The topological polar surface area (TPSA) is 76.2 Å². The maximum atomic E-state index is 14.2. The SMILES string of the molecule is C=Cc1c(C(=O)O)nc(-c2ccc(Br)cc2)c(F)c1N. The summed E-state index contributed by atoms with van der Waals surface area (Å²) >= 11 is 3.27. The quantitative estimate of drug-likeness (QED) is 0.898. The molecule has 1 aromatic heterocycles. The molecule has 0 aliphatic carbocycles. The summed E-state index contributed by atoms with van der Waals surface area (Å²) in [4.78, 5) is 15.0. The minimum absolute atomic E-state index is 0.0177. The normalized spacial score (nSPS) is 10.3. The average molecular weight is 337 g/mol. The Hall–Kier alpha value is -2.21. The zero-order valence-corrected chi connectivity index (χ0v) is 11.8. The van der Waals surface area contributed by atoms with Crippen molar-refractivity contribution in [1.29, 1.82) is 0 Å². The molecule has 2 rings (SSSR count). The van der Waals surface area contributed by atoms with Crippen LogP contribution in [0.2, 0.25) is 0 Å². The van der Waals surface area contributed by atoms with E-state index in [9.17, 15) is 9.18 Å². The Morgan fingerprint density at radius 2 is 2.00 bits per heavy atom. The molecule has 0 bridgehead atoms. The van der Waals surface area contributed by atoms with Gasteiger partial charge in [0.1, 0.15) is 5.69 Å². The molecule has 0 unspecified atom stereocenters. The summed E-state index contributed by atoms with van der Waals surface area (Å²) in [6.07, 6.45) is 1.18. The van der Waals surface area contributed by atoms with Crippen LogP contribution in [0.15, 0.2) is 35.3 Å². The highest BCUT2D eigenvalue weighted by atomic mass is 79.9. The summed E-state index contributed by atoms with van der Waals surface area (Å²) in [5.41, 5.74) is 5.37. The molecule has 1 heterocycles. The number of hydrogen-bond donors (Lipinski definition) is 2. The van der Waals surface area contributed by atoms with Crippen molar-refractivity contribution in [2.45, 2.75) is 0 Å². The van der Waals surface area contributed by atoms with Gasteiger partial charge in [-0.15, -0.1) is 0 Å². The highest BCUT2D eigenvalue weighted by Gasteiger charge is 2.21. The van der Waals surface area contributed by atoms with Crippen LogP contribution in [0.25, 0.3) is 17.3 Å². The number of nitrogen functional groups attached to an aromatic ring is 1. The molecule has 0 saturated heterocycles. The van der Waals surface area contributed by atoms with E-state index >= 15 is 0 Å². The van der Waals surface area contributed by atoms with Crippen molar-refractivity contribution in [3.05, 3.63) is 52.4 Å². The number of halogens is 2. The van der Waals surface area contributed by atoms with E-state index in [-0.39, 0.29) is 22.6 Å². The van der Waals surface area contributed by atoms with Gasteiger partial charge in [-0.05, 0) is 12.1 Å². The number of benzene rings is 1. The Morgan fingerprint density at radius 3 is 2.50 bits per heavy atom. The van der Waals surface area contributed by atoms with Gasteiger partial charge < -0.3 is 10.8 Å². The maximum absolute atomic E-state index is 14.2. The summed E-state index contributed by atoms with van der Waals surface area (Å²) in [5, 5.41) is 9.13. The molecule has 102 valence electrons. The Balaban J connectivity index is 2.74. The number of hydrogen-bond acceptors (Lipinski definition) is 3. The lowest BCUT2D eigenvalue weighted by Gasteiger charge is -2.11. The first-order chi connectivity index (χ1) is 9.45. The van der Waals surface area contributed by atoms with E-state index in [1.54, 1.807) is 24.3 Å². The van der Waals surface area contributed by atoms with Crippen molar-refractivity contribution in [3.63, 3.8) is 0 Å². The van der Waals surface area contributed by atoms with Gasteiger partial charge in [-0.3, -0.25) is 0 Å². The van der Waals surface area contributed by atoms with Crippen molar-refractivity contribution in [2.24, 2.45) is 0 Å². The number of anilines is 1. The molecule has 2 aromatic rings. The predicted octanol–water partition coefficient (Wildman–Crippen LogP) is 3.57. The largest absolute Gasteiger partial charge is 0.476 e. The second kappa shape index (κ2) is 5.42. The van der Waals surface area contributed by atoms with E-state index in [4.69, 9.17) is 10.8 Å². The number of nitrogens with zero attached hydrogens (tertiary/aromatic N) is 1. The number of aromatic nitrogens is 1. The molecule has 0 aliphatic heterocycles. The number of carboxylic acid groups (broad SMARTS) is 1. The second-order valence-electron chi connectivity index (χ2n) is 3.97. The highest BCUT2D eigenvalue weighted by molar-refractivity contribution is 9.10. The Kier molecular flexibility index (Phi) is 3.85. The van der Waals surface area contributed by atoms with Gasteiger partial charge in [0.2, 0.25) is 0 Å². The van der Waals surface area contributed by atoms with Crippen LogP contribution >= 0.6 is 15.9 Å². The molecule has 4 nitrogen and oxygen atoms in total. The van der Waals surface area contributed by atoms with Crippen LogP contribution in [0.1, 0.15) is 16.1 Å². The summed E-state index contributed by atoms with van der Waals surface area (Å²) in [5.74, 6) is -2.04. The third-order valence-corrected chi connectivity index (χ3v) is 3.27. The molecule has 0 amide bonds. The molecule has 0 aliphatic rings. The summed E-state index contributed by atoms with van der Waals surface area (Å²) < 4.78 is 15.1. The van der Waals surface area contributed by atoms with Gasteiger partial charge in [0.05, 0.1) is 5.69 Å². The van der Waals surface area contributed by atoms with Gasteiger partial charge in [-0.2, -0.15) is 0 Å². The molecule has 0 fully saturated rings. The van der Waals surface area contributed by atoms with E-state index < -0.39 is 11.8 Å². The summed E-state index contributed by atoms with van der Waals surface area (Å²) in [6.45, 7) is 3.43. The molecular weight excluding hydrogens is 327 g/mol. The lowest BCUT2D eigenvalue weighted by molar-refractivity contribution is 0.0690. The number of carboxylic acids is 1. The van der Waals surface area contributed by atoms with E-state index in [0.29, 0.717) is 5.56 Å². The third-order valence-electron chi connectivity index (χ3n) is 2.74. The van der Waals surface area contributed by atoms with Crippen molar-refractivity contribution in [3.8, 4) is 11.3 Å². The second-order valence-corrected chi connectivity index (χ2v) is 4.88. The zero-order valence-electron chi connectivity index (χ0n) is 10.2. The van der Waals surface area contributed by atoms with Crippen LogP contribution in [0.5, 0.6) is 0 Å². The molecule has 0 atom stereocenters. The van der Waals surface area contributed by atoms with Gasteiger partial charge >= 0.3 is 5.97 Å². The zero-order chi connectivity index (χ0) is 14.9. The molecule has 6 heteroatoms. The number of rotatable bonds is 3. The fraction of sp³-hybridized carbons (Fsp3) is 0. The van der Waals surface area contributed by atoms with E-state index in [1.807, 2.05) is 0 Å². The lowest BCUT2D eigenvalue weighted by atomic mass is 10.1. The Morgan fingerprint density at radius 1 is 1.40 bits per heavy atom. The molecular formula is C14H10BrFN2O2. The first-order valence-electron chi connectivity index (χ1n) is 5.56. The fourth-order valence-corrected chi connectivity index (χ4v) is 2.03. The van der Waals surface area contributed by atoms with Gasteiger partial charge in [-0.1, -0.05) is 40.7 Å². The van der Waals surface area contributed by atoms with Crippen LogP contribution in [0.3, 0.4) is 0 Å². The highest BCUT2D eigenvalue weighted by Crippen LogP contribution is 2.30. The van der Waals surface area contributed by atoms with Crippen LogP contribution in [-0.2, 0) is 0 Å². The van der Waals surface area contributed by atoms with Crippen molar-refractivity contribution < 1.29 is 14.3 Å². The lowest BCUT2D eigenvalue weighted by Crippen LogP contribution is -2.10. The molecule has 0 spiro atoms. The number of pyridine rings is 1. The van der Waals surface area contributed by atoms with Crippen LogP contribution in [-0.4, -0.2) is 16.1 Å². The van der Waals surface area contributed by atoms with Crippen LogP contribution in [0.4, 0.5) is 10.1 Å². The molecule has 20 heavy (non-hydrogen) atoms. The minimum Gasteiger partial charge on any atom is -0.476 e. The number of carbonyl (C=O) groups is 1. The van der Waals surface area contributed by atoms with Crippen LogP contribution < -0.4 is 5.73 Å². The first kappa shape index (κ1) is 14.2. The van der Waals surface area contributed by atoms with E-state index in [0.717, 1.165) is 4.47 Å². The maximum Gasteiger partial charge on any atom is 0.355 e. The van der Waals surface area contributed by atoms with E-state index in [2.05, 4.69) is 27.5 Å². The number of nitrogens with two attached hydrogens (primary N) is 1. The van der Waals surface area contributed by atoms with Gasteiger partial charge in [0.15, 0.2) is 11.5 Å². The van der Waals surface area contributed by atoms with Gasteiger partial charge in [0, 0.05) is 15.6 Å². The van der Waals surface area contributed by atoms with Crippen LogP contribution in [0, 0.1) is 5.82 Å². The molecule has 3 N–H and O–H groups in total. The molecule has 1 aromatic carbocycles. The molecule has 0 saturated carbocycles. The third kappa shape index (κ3) is 2.42. The summed E-state index contributed by atoms with van der Waals surface area (Å²) in [6, 6.07) is 6.64. The van der Waals surface area contributed by atoms with Gasteiger partial charge in [-0.25, -0.2) is 14.2 Å². The standard InChI is InChI=1S/C14H10BrFN2O2/c1-2-9-11(17)10(16)12(18-13(9)14(19)20)7-3-5-8(15)6-4-7/h2-6H,1H2,(H2,17,18)(H,19,20). The molecule has 0 radical (unpaired) electrons.